The van der Waals surface area contributed by atoms with E-state index in [1.807, 2.05) is 6.26 Å². The highest BCUT2D eigenvalue weighted by Crippen LogP contribution is 2.20. The van der Waals surface area contributed by atoms with Crippen LogP contribution in [0.1, 0.15) is 39.5 Å². The van der Waals surface area contributed by atoms with E-state index in [4.69, 9.17) is 5.73 Å². The van der Waals surface area contributed by atoms with E-state index in [9.17, 15) is 4.79 Å². The molecule has 0 radical (unpaired) electrons. The van der Waals surface area contributed by atoms with Crippen LogP contribution in [-0.4, -0.2) is 55.0 Å². The van der Waals surface area contributed by atoms with Gasteiger partial charge in [0.2, 0.25) is 5.91 Å². The number of hydrogen-bond acceptors (Lipinski definition) is 4. The summed E-state index contributed by atoms with van der Waals surface area (Å²) in [6.45, 7) is 9.07. The second kappa shape index (κ2) is 10.5. The molecule has 0 aromatic carbocycles. The molecule has 1 aliphatic rings. The number of piperidine rings is 1. The predicted octanol–water partition coefficient (Wildman–Crippen LogP) is 1.94. The Balaban J connectivity index is 2.05. The van der Waals surface area contributed by atoms with Crippen LogP contribution in [0.15, 0.2) is 0 Å². The maximum atomic E-state index is 11.7. The zero-order valence-corrected chi connectivity index (χ0v) is 14.8. The lowest BCUT2D eigenvalue weighted by Crippen LogP contribution is -2.41. The van der Waals surface area contributed by atoms with Gasteiger partial charge < -0.3 is 16.0 Å². The van der Waals surface area contributed by atoms with Crippen LogP contribution in [0.4, 0.5) is 0 Å². The molecular formula is C16H33N3OS. The number of amides is 1. The second-order valence-corrected chi connectivity index (χ2v) is 7.58. The molecule has 0 spiro atoms. The minimum atomic E-state index is -0.346. The number of carbonyl (C=O) groups is 1. The maximum absolute atomic E-state index is 11.7. The first-order chi connectivity index (χ1) is 10.0. The number of carbonyl (C=O) groups excluding carboxylic acids is 1. The Hall–Kier alpha value is -0.260. The SMILES string of the molecule is CSCC[C@H](N)C(=O)NCCCCN1CC(C)CC(C)C1. The average molecular weight is 316 g/mol. The van der Waals surface area contributed by atoms with Gasteiger partial charge in [0.1, 0.15) is 0 Å². The Morgan fingerprint density at radius 1 is 1.33 bits per heavy atom. The Morgan fingerprint density at radius 2 is 2.00 bits per heavy atom. The molecule has 0 aliphatic carbocycles. The van der Waals surface area contributed by atoms with E-state index in [1.54, 1.807) is 11.8 Å². The zero-order chi connectivity index (χ0) is 15.7. The number of unbranched alkanes of at least 4 members (excludes halogenated alkanes) is 1. The molecule has 0 aromatic rings. The monoisotopic (exact) mass is 315 g/mol. The van der Waals surface area contributed by atoms with Gasteiger partial charge in [-0.05, 0) is 56.1 Å². The van der Waals surface area contributed by atoms with E-state index in [1.165, 1.54) is 19.5 Å². The molecule has 1 amide bonds. The first kappa shape index (κ1) is 18.8. The molecule has 3 atom stereocenters. The summed E-state index contributed by atoms with van der Waals surface area (Å²) in [6, 6.07) is -0.346. The highest BCUT2D eigenvalue weighted by Gasteiger charge is 2.21. The van der Waals surface area contributed by atoms with Gasteiger partial charge in [-0.15, -0.1) is 0 Å². The minimum absolute atomic E-state index is 0.00395. The van der Waals surface area contributed by atoms with Crippen molar-refractivity contribution >= 4 is 17.7 Å². The van der Waals surface area contributed by atoms with E-state index in [0.717, 1.165) is 49.9 Å². The van der Waals surface area contributed by atoms with E-state index < -0.39 is 0 Å². The molecule has 1 rings (SSSR count). The maximum Gasteiger partial charge on any atom is 0.236 e. The fourth-order valence-corrected chi connectivity index (χ4v) is 3.64. The summed E-state index contributed by atoms with van der Waals surface area (Å²) in [5.74, 6) is 2.59. The summed E-state index contributed by atoms with van der Waals surface area (Å²) in [7, 11) is 0. The van der Waals surface area contributed by atoms with Gasteiger partial charge >= 0.3 is 0 Å². The van der Waals surface area contributed by atoms with E-state index >= 15 is 0 Å². The summed E-state index contributed by atoms with van der Waals surface area (Å²) < 4.78 is 0. The fourth-order valence-electron chi connectivity index (χ4n) is 3.15. The molecule has 4 nitrogen and oxygen atoms in total. The average Bonchev–Trinajstić information content (AvgIpc) is 2.43. The number of hydrogen-bond donors (Lipinski definition) is 2. The lowest BCUT2D eigenvalue weighted by molar-refractivity contribution is -0.122. The van der Waals surface area contributed by atoms with Gasteiger partial charge in [0.05, 0.1) is 6.04 Å². The molecule has 5 heteroatoms. The van der Waals surface area contributed by atoms with Gasteiger partial charge in [-0.25, -0.2) is 0 Å². The molecule has 124 valence electrons. The summed E-state index contributed by atoms with van der Waals surface area (Å²) in [4.78, 5) is 14.3. The van der Waals surface area contributed by atoms with Gasteiger partial charge in [0.15, 0.2) is 0 Å². The third-order valence-electron chi connectivity index (χ3n) is 4.11. The Bertz CT molecular complexity index is 291. The molecule has 21 heavy (non-hydrogen) atoms. The van der Waals surface area contributed by atoms with E-state index in [-0.39, 0.29) is 11.9 Å². The molecule has 1 heterocycles. The van der Waals surface area contributed by atoms with Crippen molar-refractivity contribution < 1.29 is 4.79 Å². The Labute approximate surface area is 134 Å². The molecule has 0 bridgehead atoms. The van der Waals surface area contributed by atoms with Gasteiger partial charge in [-0.2, -0.15) is 11.8 Å². The van der Waals surface area contributed by atoms with E-state index in [0.29, 0.717) is 0 Å². The molecule has 1 fully saturated rings. The molecule has 0 aromatic heterocycles. The third-order valence-corrected chi connectivity index (χ3v) is 4.76. The van der Waals surface area contributed by atoms with Gasteiger partial charge in [-0.1, -0.05) is 13.8 Å². The molecule has 3 N–H and O–H groups in total. The highest BCUT2D eigenvalue weighted by molar-refractivity contribution is 7.98. The first-order valence-corrected chi connectivity index (χ1v) is 9.67. The Kier molecular flexibility index (Phi) is 9.36. The van der Waals surface area contributed by atoms with Crippen molar-refractivity contribution in [1.82, 2.24) is 10.2 Å². The number of rotatable bonds is 9. The van der Waals surface area contributed by atoms with Gasteiger partial charge in [0, 0.05) is 19.6 Å². The third kappa shape index (κ3) is 8.07. The van der Waals surface area contributed by atoms with Crippen LogP contribution < -0.4 is 11.1 Å². The van der Waals surface area contributed by atoms with Crippen molar-refractivity contribution in [3.8, 4) is 0 Å². The standard InChI is InChI=1S/C16H33N3OS/c1-13-10-14(2)12-19(11-13)8-5-4-7-18-16(20)15(17)6-9-21-3/h13-15H,4-12,17H2,1-3H3,(H,18,20)/t13?,14?,15-/m0/s1. The molecule has 1 saturated heterocycles. The van der Waals surface area contributed by atoms with Crippen molar-refractivity contribution in [2.24, 2.45) is 17.6 Å². The van der Waals surface area contributed by atoms with Crippen LogP contribution >= 0.6 is 11.8 Å². The lowest BCUT2D eigenvalue weighted by Gasteiger charge is -2.34. The topological polar surface area (TPSA) is 58.4 Å². The number of nitrogens with two attached hydrogens (primary N) is 1. The van der Waals surface area contributed by atoms with Crippen molar-refractivity contribution in [2.45, 2.75) is 45.6 Å². The van der Waals surface area contributed by atoms with Crippen LogP contribution in [0, 0.1) is 11.8 Å². The van der Waals surface area contributed by atoms with Crippen LogP contribution in [0.2, 0.25) is 0 Å². The molecule has 2 unspecified atom stereocenters. The quantitative estimate of drug-likeness (QED) is 0.639. The summed E-state index contributed by atoms with van der Waals surface area (Å²) in [5, 5.41) is 2.95. The van der Waals surface area contributed by atoms with Gasteiger partial charge in [-0.3, -0.25) is 4.79 Å². The van der Waals surface area contributed by atoms with Crippen LogP contribution in [-0.2, 0) is 4.79 Å². The molecule has 1 aliphatic heterocycles. The normalized spacial score (nSPS) is 24.8. The van der Waals surface area contributed by atoms with Crippen LogP contribution in [0.5, 0.6) is 0 Å². The van der Waals surface area contributed by atoms with Crippen molar-refractivity contribution in [1.29, 1.82) is 0 Å². The highest BCUT2D eigenvalue weighted by atomic mass is 32.2. The lowest BCUT2D eigenvalue weighted by atomic mass is 9.92. The number of nitrogens with one attached hydrogen (secondary N) is 1. The number of thioether (sulfide) groups is 1. The molecule has 0 saturated carbocycles. The second-order valence-electron chi connectivity index (χ2n) is 6.59. The van der Waals surface area contributed by atoms with Crippen LogP contribution in [0.25, 0.3) is 0 Å². The van der Waals surface area contributed by atoms with Crippen molar-refractivity contribution in [2.75, 3.05) is 38.2 Å². The zero-order valence-electron chi connectivity index (χ0n) is 13.9. The van der Waals surface area contributed by atoms with Gasteiger partial charge in [0.25, 0.3) is 0 Å². The van der Waals surface area contributed by atoms with Crippen molar-refractivity contribution in [3.63, 3.8) is 0 Å². The summed E-state index contributed by atoms with van der Waals surface area (Å²) in [6.07, 6.45) is 6.35. The number of nitrogens with zero attached hydrogens (tertiary/aromatic N) is 1. The smallest absolute Gasteiger partial charge is 0.236 e. The first-order valence-electron chi connectivity index (χ1n) is 8.27. The summed E-state index contributed by atoms with van der Waals surface area (Å²) in [5.41, 5.74) is 5.83. The predicted molar refractivity (Wildman–Crippen MR) is 92.6 cm³/mol. The largest absolute Gasteiger partial charge is 0.355 e. The van der Waals surface area contributed by atoms with Crippen LogP contribution in [0.3, 0.4) is 0 Å². The van der Waals surface area contributed by atoms with Crippen molar-refractivity contribution in [3.05, 3.63) is 0 Å². The fraction of sp³-hybridized carbons (Fsp3) is 0.938. The molecular weight excluding hydrogens is 282 g/mol. The van der Waals surface area contributed by atoms with E-state index in [2.05, 4.69) is 24.1 Å². The number of likely N-dealkylation sites (tertiary alicyclic amines) is 1. The Morgan fingerprint density at radius 3 is 2.62 bits per heavy atom. The summed E-state index contributed by atoms with van der Waals surface area (Å²) >= 11 is 1.73. The minimum Gasteiger partial charge on any atom is -0.355 e.